The molecule has 0 saturated heterocycles. The van der Waals surface area contributed by atoms with Gasteiger partial charge >= 0.3 is 0 Å². The summed E-state index contributed by atoms with van der Waals surface area (Å²) >= 11 is 0. The van der Waals surface area contributed by atoms with E-state index in [0.29, 0.717) is 0 Å². The summed E-state index contributed by atoms with van der Waals surface area (Å²) in [6, 6.07) is 8.58. The van der Waals surface area contributed by atoms with E-state index in [1.165, 1.54) is 11.1 Å². The lowest BCUT2D eigenvalue weighted by molar-refractivity contribution is 0.628. The van der Waals surface area contributed by atoms with Gasteiger partial charge in [-0.3, -0.25) is 0 Å². The second-order valence-electron chi connectivity index (χ2n) is 4.54. The number of hydrogen-bond donors (Lipinski definition) is 1. The average Bonchev–Trinajstić information content (AvgIpc) is 2.86. The minimum Gasteiger partial charge on any atom is -0.335 e. The standard InChI is InChI=1S/C15H21N3/c1-3-12-5-7-13(8-6-12)14(16)11-15-17-9-10-18(15)4-2/h5-10,14H,3-4,11,16H2,1-2H3. The molecule has 2 N–H and O–H groups in total. The summed E-state index contributed by atoms with van der Waals surface area (Å²) in [6.07, 6.45) is 5.69. The molecular weight excluding hydrogens is 222 g/mol. The van der Waals surface area contributed by atoms with Crippen LogP contribution in [-0.2, 0) is 19.4 Å². The van der Waals surface area contributed by atoms with Crippen molar-refractivity contribution in [2.45, 2.75) is 39.3 Å². The Hall–Kier alpha value is -1.61. The highest BCUT2D eigenvalue weighted by molar-refractivity contribution is 5.25. The molecule has 1 aromatic heterocycles. The average molecular weight is 243 g/mol. The molecule has 3 nitrogen and oxygen atoms in total. The SMILES string of the molecule is CCc1ccc(C(N)Cc2nccn2CC)cc1. The molecule has 1 unspecified atom stereocenters. The quantitative estimate of drug-likeness (QED) is 0.877. The van der Waals surface area contributed by atoms with E-state index in [0.717, 1.165) is 25.2 Å². The van der Waals surface area contributed by atoms with Crippen LogP contribution in [0.4, 0.5) is 0 Å². The van der Waals surface area contributed by atoms with E-state index in [2.05, 4.69) is 47.7 Å². The van der Waals surface area contributed by atoms with Crippen LogP contribution in [0.5, 0.6) is 0 Å². The first-order valence-electron chi connectivity index (χ1n) is 6.59. The number of nitrogens with zero attached hydrogens (tertiary/aromatic N) is 2. The monoisotopic (exact) mass is 243 g/mol. The molecule has 0 spiro atoms. The molecule has 1 atom stereocenters. The number of imidazole rings is 1. The molecule has 1 aromatic carbocycles. The maximum absolute atomic E-state index is 6.25. The Labute approximate surface area is 109 Å². The molecule has 96 valence electrons. The van der Waals surface area contributed by atoms with Crippen molar-refractivity contribution in [3.8, 4) is 0 Å². The van der Waals surface area contributed by atoms with E-state index in [9.17, 15) is 0 Å². The van der Waals surface area contributed by atoms with Gasteiger partial charge in [0, 0.05) is 31.4 Å². The highest BCUT2D eigenvalue weighted by atomic mass is 15.1. The first kappa shape index (κ1) is 12.8. The zero-order valence-electron chi connectivity index (χ0n) is 11.1. The Bertz CT molecular complexity index is 485. The molecule has 0 aliphatic rings. The van der Waals surface area contributed by atoms with Crippen molar-refractivity contribution in [1.29, 1.82) is 0 Å². The number of rotatable bonds is 5. The van der Waals surface area contributed by atoms with Gasteiger partial charge in [-0.05, 0) is 24.5 Å². The predicted molar refractivity (Wildman–Crippen MR) is 74.4 cm³/mol. The van der Waals surface area contributed by atoms with E-state index in [1.807, 2.05) is 12.4 Å². The largest absolute Gasteiger partial charge is 0.335 e. The van der Waals surface area contributed by atoms with Gasteiger partial charge in [0.25, 0.3) is 0 Å². The van der Waals surface area contributed by atoms with Crippen LogP contribution in [0.1, 0.15) is 36.8 Å². The lowest BCUT2D eigenvalue weighted by Gasteiger charge is -2.13. The first-order valence-corrected chi connectivity index (χ1v) is 6.59. The minimum absolute atomic E-state index is 0.0172. The van der Waals surface area contributed by atoms with Gasteiger partial charge in [-0.2, -0.15) is 0 Å². The molecule has 2 rings (SSSR count). The second kappa shape index (κ2) is 5.83. The fraction of sp³-hybridized carbons (Fsp3) is 0.400. The summed E-state index contributed by atoms with van der Waals surface area (Å²) < 4.78 is 2.14. The van der Waals surface area contributed by atoms with Crippen molar-refractivity contribution >= 4 is 0 Å². The lowest BCUT2D eigenvalue weighted by atomic mass is 10.0. The summed E-state index contributed by atoms with van der Waals surface area (Å²) in [5.41, 5.74) is 8.77. The third kappa shape index (κ3) is 2.79. The highest BCUT2D eigenvalue weighted by Crippen LogP contribution is 2.16. The van der Waals surface area contributed by atoms with Gasteiger partial charge in [-0.25, -0.2) is 4.98 Å². The molecule has 0 fully saturated rings. The minimum atomic E-state index is 0.0172. The molecule has 0 amide bonds. The van der Waals surface area contributed by atoms with Gasteiger partial charge in [-0.15, -0.1) is 0 Å². The summed E-state index contributed by atoms with van der Waals surface area (Å²) in [6.45, 7) is 5.22. The second-order valence-corrected chi connectivity index (χ2v) is 4.54. The zero-order chi connectivity index (χ0) is 13.0. The summed E-state index contributed by atoms with van der Waals surface area (Å²) in [5, 5.41) is 0. The first-order chi connectivity index (χ1) is 8.74. The molecule has 0 aliphatic carbocycles. The Kier molecular flexibility index (Phi) is 4.15. The molecule has 3 heteroatoms. The van der Waals surface area contributed by atoms with Crippen LogP contribution in [0.15, 0.2) is 36.7 Å². The number of hydrogen-bond acceptors (Lipinski definition) is 2. The van der Waals surface area contributed by atoms with Crippen LogP contribution < -0.4 is 5.73 Å². The Balaban J connectivity index is 2.09. The smallest absolute Gasteiger partial charge is 0.110 e. The van der Waals surface area contributed by atoms with E-state index >= 15 is 0 Å². The van der Waals surface area contributed by atoms with Crippen LogP contribution in [-0.4, -0.2) is 9.55 Å². The van der Waals surface area contributed by atoms with Crippen molar-refractivity contribution in [1.82, 2.24) is 9.55 Å². The van der Waals surface area contributed by atoms with Crippen LogP contribution in [0.25, 0.3) is 0 Å². The summed E-state index contributed by atoms with van der Waals surface area (Å²) in [7, 11) is 0. The number of benzene rings is 1. The van der Waals surface area contributed by atoms with Gasteiger partial charge in [0.05, 0.1) is 0 Å². The van der Waals surface area contributed by atoms with Crippen molar-refractivity contribution < 1.29 is 0 Å². The third-order valence-electron chi connectivity index (χ3n) is 3.36. The fourth-order valence-corrected chi connectivity index (χ4v) is 2.13. The topological polar surface area (TPSA) is 43.8 Å². The Morgan fingerprint density at radius 2 is 1.94 bits per heavy atom. The van der Waals surface area contributed by atoms with Crippen LogP contribution >= 0.6 is 0 Å². The van der Waals surface area contributed by atoms with Gasteiger partial charge in [0.2, 0.25) is 0 Å². The molecule has 0 bridgehead atoms. The number of aromatic nitrogens is 2. The van der Waals surface area contributed by atoms with E-state index in [-0.39, 0.29) is 6.04 Å². The van der Waals surface area contributed by atoms with E-state index in [1.54, 1.807) is 0 Å². The lowest BCUT2D eigenvalue weighted by Crippen LogP contribution is -2.16. The van der Waals surface area contributed by atoms with Gasteiger partial charge in [-0.1, -0.05) is 31.2 Å². The fourth-order valence-electron chi connectivity index (χ4n) is 2.13. The van der Waals surface area contributed by atoms with E-state index < -0.39 is 0 Å². The Morgan fingerprint density at radius 3 is 2.56 bits per heavy atom. The summed E-state index contributed by atoms with van der Waals surface area (Å²) in [4.78, 5) is 4.37. The zero-order valence-corrected chi connectivity index (χ0v) is 11.1. The number of aryl methyl sites for hydroxylation is 2. The van der Waals surface area contributed by atoms with Gasteiger partial charge in [0.1, 0.15) is 5.82 Å². The molecule has 18 heavy (non-hydrogen) atoms. The highest BCUT2D eigenvalue weighted by Gasteiger charge is 2.10. The van der Waals surface area contributed by atoms with Crippen LogP contribution in [0, 0.1) is 0 Å². The molecule has 0 saturated carbocycles. The third-order valence-corrected chi connectivity index (χ3v) is 3.36. The molecular formula is C15H21N3. The molecule has 1 heterocycles. The molecule has 0 aliphatic heterocycles. The van der Waals surface area contributed by atoms with Crippen molar-refractivity contribution in [2.24, 2.45) is 5.73 Å². The van der Waals surface area contributed by atoms with Crippen LogP contribution in [0.3, 0.4) is 0 Å². The normalized spacial score (nSPS) is 12.6. The molecule has 0 radical (unpaired) electrons. The maximum atomic E-state index is 6.25. The Morgan fingerprint density at radius 1 is 1.22 bits per heavy atom. The number of nitrogens with two attached hydrogens (primary N) is 1. The summed E-state index contributed by atoms with van der Waals surface area (Å²) in [5.74, 6) is 1.06. The van der Waals surface area contributed by atoms with Gasteiger partial charge < -0.3 is 10.3 Å². The van der Waals surface area contributed by atoms with Crippen molar-refractivity contribution in [2.75, 3.05) is 0 Å². The van der Waals surface area contributed by atoms with Crippen molar-refractivity contribution in [3.63, 3.8) is 0 Å². The predicted octanol–water partition coefficient (Wildman–Crippen LogP) is 2.71. The van der Waals surface area contributed by atoms with Crippen LogP contribution in [0.2, 0.25) is 0 Å². The van der Waals surface area contributed by atoms with E-state index in [4.69, 9.17) is 5.73 Å². The maximum Gasteiger partial charge on any atom is 0.110 e. The molecule has 2 aromatic rings. The van der Waals surface area contributed by atoms with Gasteiger partial charge in [0.15, 0.2) is 0 Å². The van der Waals surface area contributed by atoms with Crippen molar-refractivity contribution in [3.05, 3.63) is 53.6 Å².